The third-order valence-electron chi connectivity index (χ3n) is 3.85. The summed E-state index contributed by atoms with van der Waals surface area (Å²) in [5.74, 6) is 1.20. The summed E-state index contributed by atoms with van der Waals surface area (Å²) in [6.45, 7) is 5.56. The Bertz CT molecular complexity index is 364. The summed E-state index contributed by atoms with van der Waals surface area (Å²) in [5.41, 5.74) is 1.16. The minimum Gasteiger partial charge on any atom is -0.508 e. The lowest BCUT2D eigenvalue weighted by Crippen LogP contribution is -2.38. The van der Waals surface area contributed by atoms with E-state index >= 15 is 0 Å². The molecule has 0 heterocycles. The van der Waals surface area contributed by atoms with E-state index in [0.717, 1.165) is 18.2 Å². The summed E-state index contributed by atoms with van der Waals surface area (Å²) in [6, 6.07) is 8.29. The predicted molar refractivity (Wildman–Crippen MR) is 72.5 cm³/mol. The van der Waals surface area contributed by atoms with Gasteiger partial charge in [0.15, 0.2) is 0 Å². The quantitative estimate of drug-likeness (QED) is 0.858. The monoisotopic (exact) mass is 233 g/mol. The van der Waals surface area contributed by atoms with Crippen molar-refractivity contribution in [2.75, 3.05) is 11.4 Å². The Hall–Kier alpha value is -1.18. The maximum Gasteiger partial charge on any atom is 0.117 e. The van der Waals surface area contributed by atoms with Crippen LogP contribution >= 0.6 is 0 Å². The maximum absolute atomic E-state index is 9.58. The number of hydrogen-bond donors (Lipinski definition) is 1. The Labute approximate surface area is 104 Å². The number of nitrogens with zero attached hydrogens (tertiary/aromatic N) is 1. The van der Waals surface area contributed by atoms with Crippen LogP contribution < -0.4 is 4.90 Å². The Morgan fingerprint density at radius 1 is 1.35 bits per heavy atom. The molecule has 0 amide bonds. The van der Waals surface area contributed by atoms with Gasteiger partial charge in [-0.1, -0.05) is 25.8 Å². The van der Waals surface area contributed by atoms with Gasteiger partial charge in [-0.05, 0) is 37.8 Å². The van der Waals surface area contributed by atoms with Crippen LogP contribution in [0.5, 0.6) is 5.75 Å². The zero-order valence-corrected chi connectivity index (χ0v) is 10.9. The van der Waals surface area contributed by atoms with Gasteiger partial charge in [0, 0.05) is 24.3 Å². The van der Waals surface area contributed by atoms with E-state index in [1.165, 1.54) is 25.7 Å². The molecule has 17 heavy (non-hydrogen) atoms. The number of aromatic hydroxyl groups is 1. The zero-order valence-electron chi connectivity index (χ0n) is 10.9. The topological polar surface area (TPSA) is 23.5 Å². The van der Waals surface area contributed by atoms with E-state index in [4.69, 9.17) is 0 Å². The molecule has 1 aromatic rings. The van der Waals surface area contributed by atoms with E-state index in [-0.39, 0.29) is 0 Å². The molecule has 1 fully saturated rings. The van der Waals surface area contributed by atoms with E-state index in [1.807, 2.05) is 12.1 Å². The van der Waals surface area contributed by atoms with Crippen LogP contribution in [0, 0.1) is 5.92 Å². The highest BCUT2D eigenvalue weighted by atomic mass is 16.3. The normalized spacial score (nSPS) is 24.6. The Kier molecular flexibility index (Phi) is 3.93. The molecule has 1 aliphatic rings. The molecular formula is C15H23NO. The minimum absolute atomic E-state index is 0.366. The van der Waals surface area contributed by atoms with E-state index in [0.29, 0.717) is 11.8 Å². The average molecular weight is 233 g/mol. The molecule has 0 aromatic heterocycles. The molecule has 1 aliphatic carbocycles. The molecule has 94 valence electrons. The van der Waals surface area contributed by atoms with E-state index in [9.17, 15) is 5.11 Å². The number of phenolic OH excluding ortho intramolecular Hbond substituents is 1. The number of hydrogen-bond acceptors (Lipinski definition) is 2. The van der Waals surface area contributed by atoms with Gasteiger partial charge >= 0.3 is 0 Å². The van der Waals surface area contributed by atoms with Gasteiger partial charge in [0.1, 0.15) is 5.75 Å². The van der Waals surface area contributed by atoms with Gasteiger partial charge in [-0.3, -0.25) is 0 Å². The standard InChI is InChI=1S/C15H23NO/c1-3-16(13-7-4-6-12(2)10-13)14-8-5-9-15(17)11-14/h5,8-9,11-13,17H,3-4,6-7,10H2,1-2H3. The van der Waals surface area contributed by atoms with Gasteiger partial charge in [0.05, 0.1) is 0 Å². The highest BCUT2D eigenvalue weighted by Gasteiger charge is 2.24. The molecule has 0 spiro atoms. The first-order valence-corrected chi connectivity index (χ1v) is 6.76. The maximum atomic E-state index is 9.58. The highest BCUT2D eigenvalue weighted by Crippen LogP contribution is 2.31. The van der Waals surface area contributed by atoms with Crippen LogP contribution in [-0.2, 0) is 0 Å². The van der Waals surface area contributed by atoms with Gasteiger partial charge in [-0.25, -0.2) is 0 Å². The van der Waals surface area contributed by atoms with Gasteiger partial charge < -0.3 is 10.0 Å². The van der Waals surface area contributed by atoms with Crippen molar-refractivity contribution in [2.45, 2.75) is 45.6 Å². The molecule has 1 saturated carbocycles. The third-order valence-corrected chi connectivity index (χ3v) is 3.85. The molecule has 2 rings (SSSR count). The fourth-order valence-electron chi connectivity index (χ4n) is 3.01. The summed E-state index contributed by atoms with van der Waals surface area (Å²) in [7, 11) is 0. The Morgan fingerprint density at radius 3 is 2.82 bits per heavy atom. The van der Waals surface area contributed by atoms with Crippen molar-refractivity contribution in [3.05, 3.63) is 24.3 Å². The number of benzene rings is 1. The van der Waals surface area contributed by atoms with Gasteiger partial charge in [0.2, 0.25) is 0 Å². The molecule has 0 saturated heterocycles. The summed E-state index contributed by atoms with van der Waals surface area (Å²) in [5, 5.41) is 9.58. The van der Waals surface area contributed by atoms with Gasteiger partial charge in [0.25, 0.3) is 0 Å². The van der Waals surface area contributed by atoms with Gasteiger partial charge in [-0.15, -0.1) is 0 Å². The van der Waals surface area contributed by atoms with Crippen LogP contribution in [-0.4, -0.2) is 17.7 Å². The van der Waals surface area contributed by atoms with Crippen molar-refractivity contribution >= 4 is 5.69 Å². The second kappa shape index (κ2) is 5.44. The summed E-state index contributed by atoms with van der Waals surface area (Å²) in [4.78, 5) is 2.44. The minimum atomic E-state index is 0.366. The van der Waals surface area contributed by atoms with Crippen molar-refractivity contribution in [3.63, 3.8) is 0 Å². The van der Waals surface area contributed by atoms with Crippen LogP contribution in [0.25, 0.3) is 0 Å². The molecule has 0 bridgehead atoms. The first kappa shape index (κ1) is 12.3. The van der Waals surface area contributed by atoms with Crippen LogP contribution in [0.15, 0.2) is 24.3 Å². The first-order chi connectivity index (χ1) is 8.20. The van der Waals surface area contributed by atoms with Gasteiger partial charge in [-0.2, -0.15) is 0 Å². The fourth-order valence-corrected chi connectivity index (χ4v) is 3.01. The number of rotatable bonds is 3. The molecule has 2 unspecified atom stereocenters. The molecule has 2 atom stereocenters. The number of anilines is 1. The average Bonchev–Trinajstić information content (AvgIpc) is 2.30. The van der Waals surface area contributed by atoms with Crippen LogP contribution in [0.4, 0.5) is 5.69 Å². The predicted octanol–water partition coefficient (Wildman–Crippen LogP) is 3.80. The molecule has 0 radical (unpaired) electrons. The summed E-state index contributed by atoms with van der Waals surface area (Å²) < 4.78 is 0. The van der Waals surface area contributed by atoms with Crippen molar-refractivity contribution in [2.24, 2.45) is 5.92 Å². The Balaban J connectivity index is 2.15. The van der Waals surface area contributed by atoms with Crippen molar-refractivity contribution in [1.82, 2.24) is 0 Å². The fraction of sp³-hybridized carbons (Fsp3) is 0.600. The number of phenols is 1. The van der Waals surface area contributed by atoms with Crippen molar-refractivity contribution in [3.8, 4) is 5.75 Å². The van der Waals surface area contributed by atoms with Crippen LogP contribution in [0.2, 0.25) is 0 Å². The molecule has 2 heteroatoms. The smallest absolute Gasteiger partial charge is 0.117 e. The molecule has 2 nitrogen and oxygen atoms in total. The third kappa shape index (κ3) is 2.93. The summed E-state index contributed by atoms with van der Waals surface area (Å²) >= 11 is 0. The second-order valence-corrected chi connectivity index (χ2v) is 5.23. The lowest BCUT2D eigenvalue weighted by Gasteiger charge is -2.37. The Morgan fingerprint density at radius 2 is 2.18 bits per heavy atom. The van der Waals surface area contributed by atoms with E-state index in [1.54, 1.807) is 6.07 Å². The first-order valence-electron chi connectivity index (χ1n) is 6.76. The lowest BCUT2D eigenvalue weighted by molar-refractivity contribution is 0.331. The molecule has 1 aromatic carbocycles. The zero-order chi connectivity index (χ0) is 12.3. The highest BCUT2D eigenvalue weighted by molar-refractivity contribution is 5.51. The van der Waals surface area contributed by atoms with Crippen LogP contribution in [0.1, 0.15) is 39.5 Å². The molecule has 1 N–H and O–H groups in total. The lowest BCUT2D eigenvalue weighted by atomic mass is 9.86. The SMILES string of the molecule is CCN(c1cccc(O)c1)C1CCCC(C)C1. The largest absolute Gasteiger partial charge is 0.508 e. The summed E-state index contributed by atoms with van der Waals surface area (Å²) in [6.07, 6.45) is 5.27. The van der Waals surface area contributed by atoms with E-state index < -0.39 is 0 Å². The second-order valence-electron chi connectivity index (χ2n) is 5.23. The molecular weight excluding hydrogens is 210 g/mol. The van der Waals surface area contributed by atoms with E-state index in [2.05, 4.69) is 24.8 Å². The van der Waals surface area contributed by atoms with Crippen molar-refractivity contribution in [1.29, 1.82) is 0 Å². The molecule has 0 aliphatic heterocycles. The van der Waals surface area contributed by atoms with Crippen LogP contribution in [0.3, 0.4) is 0 Å². The van der Waals surface area contributed by atoms with Crippen molar-refractivity contribution < 1.29 is 5.11 Å².